The lowest BCUT2D eigenvalue weighted by Gasteiger charge is -2.31. The Morgan fingerprint density at radius 2 is 1.68 bits per heavy atom. The fraction of sp³-hybridized carbons (Fsp3) is 0.440. The number of carbonyl (C=O) groups is 2. The van der Waals surface area contributed by atoms with Crippen LogP contribution < -0.4 is 10.1 Å². The van der Waals surface area contributed by atoms with E-state index in [1.165, 1.54) is 12.1 Å². The molecule has 0 fully saturated rings. The summed E-state index contributed by atoms with van der Waals surface area (Å²) >= 11 is 0. The molecular formula is C25H33FN2O3. The topological polar surface area (TPSA) is 58.6 Å². The molecule has 2 amide bonds. The highest BCUT2D eigenvalue weighted by Crippen LogP contribution is 2.15. The highest BCUT2D eigenvalue weighted by atomic mass is 19.1. The second kappa shape index (κ2) is 10.9. The van der Waals surface area contributed by atoms with Crippen molar-refractivity contribution in [3.05, 3.63) is 65.5 Å². The molecule has 0 aliphatic rings. The molecule has 0 heterocycles. The molecule has 1 atom stereocenters. The van der Waals surface area contributed by atoms with Gasteiger partial charge >= 0.3 is 0 Å². The number of ether oxygens (including phenoxy) is 1. The van der Waals surface area contributed by atoms with Gasteiger partial charge in [-0.1, -0.05) is 29.8 Å². The molecule has 2 aromatic carbocycles. The first-order valence-corrected chi connectivity index (χ1v) is 10.6. The van der Waals surface area contributed by atoms with Gasteiger partial charge in [0.2, 0.25) is 11.8 Å². The maximum absolute atomic E-state index is 13.3. The molecule has 1 N–H and O–H groups in total. The predicted octanol–water partition coefficient (Wildman–Crippen LogP) is 4.63. The number of nitrogens with zero attached hydrogens (tertiary/aromatic N) is 1. The maximum atomic E-state index is 13.3. The molecule has 0 spiro atoms. The molecule has 5 nitrogen and oxygen atoms in total. The number of carbonyl (C=O) groups excluding carboxylic acids is 2. The van der Waals surface area contributed by atoms with E-state index in [0.717, 1.165) is 16.9 Å². The van der Waals surface area contributed by atoms with Crippen LogP contribution in [0.3, 0.4) is 0 Å². The molecule has 2 aromatic rings. The van der Waals surface area contributed by atoms with E-state index >= 15 is 0 Å². The average molecular weight is 429 g/mol. The van der Waals surface area contributed by atoms with E-state index in [0.29, 0.717) is 13.0 Å². The van der Waals surface area contributed by atoms with E-state index in [9.17, 15) is 14.0 Å². The number of aryl methyl sites for hydroxylation is 1. The third-order valence-electron chi connectivity index (χ3n) is 4.76. The van der Waals surface area contributed by atoms with Crippen molar-refractivity contribution in [2.75, 3.05) is 6.61 Å². The highest BCUT2D eigenvalue weighted by Gasteiger charge is 2.28. The van der Waals surface area contributed by atoms with E-state index in [-0.39, 0.29) is 30.6 Å². The van der Waals surface area contributed by atoms with E-state index in [2.05, 4.69) is 5.32 Å². The first-order valence-electron chi connectivity index (χ1n) is 10.6. The van der Waals surface area contributed by atoms with Crippen LogP contribution in [0.4, 0.5) is 4.39 Å². The summed E-state index contributed by atoms with van der Waals surface area (Å²) in [6, 6.07) is 13.1. The minimum atomic E-state index is -0.658. The molecule has 31 heavy (non-hydrogen) atoms. The fourth-order valence-corrected chi connectivity index (χ4v) is 3.03. The van der Waals surface area contributed by atoms with Crippen LogP contribution in [0.1, 0.15) is 51.7 Å². The van der Waals surface area contributed by atoms with E-state index in [1.807, 2.05) is 52.0 Å². The van der Waals surface area contributed by atoms with Crippen LogP contribution in [0.2, 0.25) is 0 Å². The van der Waals surface area contributed by atoms with Gasteiger partial charge in [0.1, 0.15) is 17.6 Å². The van der Waals surface area contributed by atoms with Crippen LogP contribution in [-0.4, -0.2) is 34.9 Å². The van der Waals surface area contributed by atoms with Gasteiger partial charge in [0.05, 0.1) is 6.61 Å². The van der Waals surface area contributed by atoms with E-state index in [4.69, 9.17) is 4.74 Å². The summed E-state index contributed by atoms with van der Waals surface area (Å²) in [6.45, 7) is 10.0. The van der Waals surface area contributed by atoms with Gasteiger partial charge in [-0.15, -0.1) is 0 Å². The average Bonchev–Trinajstić information content (AvgIpc) is 2.70. The van der Waals surface area contributed by atoms with Crippen molar-refractivity contribution in [3.63, 3.8) is 0 Å². The Morgan fingerprint density at radius 1 is 1.06 bits per heavy atom. The van der Waals surface area contributed by atoms with Gasteiger partial charge in [0.15, 0.2) is 0 Å². The smallest absolute Gasteiger partial charge is 0.242 e. The summed E-state index contributed by atoms with van der Waals surface area (Å²) in [5.74, 6) is 0.0554. The second-order valence-corrected chi connectivity index (χ2v) is 8.83. The summed E-state index contributed by atoms with van der Waals surface area (Å²) < 4.78 is 19.0. The molecule has 6 heteroatoms. The van der Waals surface area contributed by atoms with Crippen LogP contribution >= 0.6 is 0 Å². The number of hydrogen-bond donors (Lipinski definition) is 1. The van der Waals surface area contributed by atoms with Gasteiger partial charge in [-0.05, 0) is 70.9 Å². The molecule has 0 saturated heterocycles. The van der Waals surface area contributed by atoms with Crippen LogP contribution in [-0.2, 0) is 16.1 Å². The second-order valence-electron chi connectivity index (χ2n) is 8.83. The third-order valence-corrected chi connectivity index (χ3v) is 4.76. The van der Waals surface area contributed by atoms with Gasteiger partial charge in [0, 0.05) is 18.5 Å². The fourth-order valence-electron chi connectivity index (χ4n) is 3.03. The zero-order valence-electron chi connectivity index (χ0n) is 19.1. The Balaban J connectivity index is 2.01. The number of rotatable bonds is 9. The van der Waals surface area contributed by atoms with Gasteiger partial charge in [-0.25, -0.2) is 4.39 Å². The minimum Gasteiger partial charge on any atom is -0.494 e. The number of halogens is 1. The molecule has 1 unspecified atom stereocenters. The first-order chi connectivity index (χ1) is 14.5. The Morgan fingerprint density at radius 3 is 2.26 bits per heavy atom. The molecule has 2 rings (SSSR count). The van der Waals surface area contributed by atoms with Crippen LogP contribution in [0, 0.1) is 12.7 Å². The highest BCUT2D eigenvalue weighted by molar-refractivity contribution is 5.87. The number of amides is 2. The van der Waals surface area contributed by atoms with Gasteiger partial charge in [0.25, 0.3) is 0 Å². The first kappa shape index (κ1) is 24.4. The van der Waals surface area contributed by atoms with Crippen LogP contribution in [0.25, 0.3) is 0 Å². The molecule has 0 bridgehead atoms. The molecule has 0 aliphatic carbocycles. The van der Waals surface area contributed by atoms with Crippen molar-refractivity contribution in [2.45, 2.75) is 65.6 Å². The SMILES string of the molecule is Cc1ccc(OCCCC(=O)N(Cc2ccc(F)cc2)C(C)C(=O)NC(C)(C)C)cc1. The van der Waals surface area contributed by atoms with Gasteiger partial charge in [-0.2, -0.15) is 0 Å². The van der Waals surface area contributed by atoms with Crippen LogP contribution in [0.5, 0.6) is 5.75 Å². The lowest BCUT2D eigenvalue weighted by molar-refractivity contribution is -0.141. The van der Waals surface area contributed by atoms with Crippen LogP contribution in [0.15, 0.2) is 48.5 Å². The molecule has 0 aliphatic heterocycles. The normalized spacial score (nSPS) is 12.2. The molecule has 0 radical (unpaired) electrons. The standard InChI is InChI=1S/C25H33FN2O3/c1-18-8-14-22(15-9-18)31-16-6-7-23(29)28(17-20-10-12-21(26)13-11-20)19(2)24(30)27-25(3,4)5/h8-15,19H,6-7,16-17H2,1-5H3,(H,27,30). The van der Waals surface area contributed by atoms with E-state index in [1.54, 1.807) is 24.0 Å². The summed E-state index contributed by atoms with van der Waals surface area (Å²) in [4.78, 5) is 27.2. The lowest BCUT2D eigenvalue weighted by atomic mass is 10.1. The zero-order chi connectivity index (χ0) is 23.0. The minimum absolute atomic E-state index is 0.145. The Labute approximate surface area is 184 Å². The van der Waals surface area contributed by atoms with Crippen molar-refractivity contribution in [1.82, 2.24) is 10.2 Å². The molecule has 0 saturated carbocycles. The number of hydrogen-bond acceptors (Lipinski definition) is 3. The summed E-state index contributed by atoms with van der Waals surface area (Å²) in [7, 11) is 0. The maximum Gasteiger partial charge on any atom is 0.242 e. The third kappa shape index (κ3) is 8.40. The quantitative estimate of drug-likeness (QED) is 0.593. The van der Waals surface area contributed by atoms with Crippen molar-refractivity contribution >= 4 is 11.8 Å². The zero-order valence-corrected chi connectivity index (χ0v) is 19.1. The number of nitrogens with one attached hydrogen (secondary N) is 1. The van der Waals surface area contributed by atoms with Gasteiger partial charge in [-0.3, -0.25) is 9.59 Å². The van der Waals surface area contributed by atoms with Crippen molar-refractivity contribution in [2.24, 2.45) is 0 Å². The summed E-state index contributed by atoms with van der Waals surface area (Å²) in [5, 5.41) is 2.92. The van der Waals surface area contributed by atoms with Crippen molar-refractivity contribution < 1.29 is 18.7 Å². The van der Waals surface area contributed by atoms with Gasteiger partial charge < -0.3 is 15.0 Å². The Kier molecular flexibility index (Phi) is 8.60. The Bertz CT molecular complexity index is 858. The number of benzene rings is 2. The monoisotopic (exact) mass is 428 g/mol. The largest absolute Gasteiger partial charge is 0.494 e. The summed E-state index contributed by atoms with van der Waals surface area (Å²) in [6.07, 6.45) is 0.778. The molecule has 168 valence electrons. The van der Waals surface area contributed by atoms with Crippen molar-refractivity contribution in [3.8, 4) is 5.75 Å². The lowest BCUT2D eigenvalue weighted by Crippen LogP contribution is -2.52. The van der Waals surface area contributed by atoms with Crippen molar-refractivity contribution in [1.29, 1.82) is 0 Å². The Hall–Kier alpha value is -2.89. The molecular weight excluding hydrogens is 395 g/mol. The van der Waals surface area contributed by atoms with E-state index < -0.39 is 11.6 Å². The predicted molar refractivity (Wildman–Crippen MR) is 120 cm³/mol. The summed E-state index contributed by atoms with van der Waals surface area (Å²) in [5.41, 5.74) is 1.51. The molecule has 0 aromatic heterocycles.